The fraction of sp³-hybridized carbons (Fsp3) is 0.667. The number of imidazole rings is 1. The molecule has 1 heterocycles. The summed E-state index contributed by atoms with van der Waals surface area (Å²) in [5.74, 6) is 3.90. The molecule has 0 atom stereocenters. The summed E-state index contributed by atoms with van der Waals surface area (Å²) in [5.41, 5.74) is 0. The Kier molecular flexibility index (Phi) is 5.32. The number of aryl methyl sites for hydroxylation is 1. The third kappa shape index (κ3) is 3.61. The van der Waals surface area contributed by atoms with Gasteiger partial charge in [-0.15, -0.1) is 11.6 Å². The van der Waals surface area contributed by atoms with E-state index in [-0.39, 0.29) is 0 Å². The van der Waals surface area contributed by atoms with E-state index in [1.54, 1.807) is 0 Å². The van der Waals surface area contributed by atoms with Crippen LogP contribution in [0, 0.1) is 0 Å². The fourth-order valence-corrected chi connectivity index (χ4v) is 2.00. The monoisotopic (exact) mass is 218 g/mol. The van der Waals surface area contributed by atoms with Gasteiger partial charge in [-0.3, -0.25) is 0 Å². The number of aromatic nitrogens is 2. The molecule has 1 rings (SSSR count). The molecule has 1 aromatic heterocycles. The molecule has 0 aromatic carbocycles. The molecule has 0 unspecified atom stereocenters. The standard InChI is InChI=1S/C9H15ClN2S/c1-2-13-7-3-5-12-6-4-11-9(12)8-10/h4,6H,2-3,5,7-8H2,1H3. The zero-order valence-corrected chi connectivity index (χ0v) is 9.44. The summed E-state index contributed by atoms with van der Waals surface area (Å²) in [6, 6.07) is 0. The lowest BCUT2D eigenvalue weighted by atomic mass is 10.4. The van der Waals surface area contributed by atoms with E-state index in [0.717, 1.165) is 12.4 Å². The van der Waals surface area contributed by atoms with E-state index in [0.29, 0.717) is 5.88 Å². The number of halogens is 1. The van der Waals surface area contributed by atoms with Crippen molar-refractivity contribution < 1.29 is 0 Å². The van der Waals surface area contributed by atoms with Crippen LogP contribution in [0.25, 0.3) is 0 Å². The maximum Gasteiger partial charge on any atom is 0.123 e. The first-order valence-electron chi connectivity index (χ1n) is 4.52. The summed E-state index contributed by atoms with van der Waals surface area (Å²) in [6.07, 6.45) is 5.00. The van der Waals surface area contributed by atoms with Crippen molar-refractivity contribution in [1.82, 2.24) is 9.55 Å². The van der Waals surface area contributed by atoms with Crippen LogP contribution in [0.15, 0.2) is 12.4 Å². The molecular formula is C9H15ClN2S. The Morgan fingerprint density at radius 3 is 3.15 bits per heavy atom. The molecular weight excluding hydrogens is 204 g/mol. The third-order valence-corrected chi connectivity index (χ3v) is 3.04. The summed E-state index contributed by atoms with van der Waals surface area (Å²) in [7, 11) is 0. The van der Waals surface area contributed by atoms with Crippen molar-refractivity contribution in [2.75, 3.05) is 11.5 Å². The molecule has 0 aliphatic carbocycles. The lowest BCUT2D eigenvalue weighted by Gasteiger charge is -2.04. The lowest BCUT2D eigenvalue weighted by Crippen LogP contribution is -2.02. The number of hydrogen-bond acceptors (Lipinski definition) is 2. The van der Waals surface area contributed by atoms with Gasteiger partial charge in [0.2, 0.25) is 0 Å². The van der Waals surface area contributed by atoms with Crippen molar-refractivity contribution in [3.8, 4) is 0 Å². The topological polar surface area (TPSA) is 17.8 Å². The van der Waals surface area contributed by atoms with Gasteiger partial charge in [0.1, 0.15) is 5.82 Å². The Balaban J connectivity index is 2.27. The quantitative estimate of drug-likeness (QED) is 0.540. The van der Waals surface area contributed by atoms with Crippen LogP contribution in [0.1, 0.15) is 19.2 Å². The molecule has 13 heavy (non-hydrogen) atoms. The number of hydrogen-bond donors (Lipinski definition) is 0. The maximum absolute atomic E-state index is 5.72. The van der Waals surface area contributed by atoms with Gasteiger partial charge in [-0.05, 0) is 17.9 Å². The maximum atomic E-state index is 5.72. The normalized spacial score (nSPS) is 10.6. The number of nitrogens with zero attached hydrogens (tertiary/aromatic N) is 2. The SMILES string of the molecule is CCSCCCn1ccnc1CCl. The highest BCUT2D eigenvalue weighted by atomic mass is 35.5. The molecule has 0 N–H and O–H groups in total. The van der Waals surface area contributed by atoms with Gasteiger partial charge in [-0.25, -0.2) is 4.98 Å². The Labute approximate surface area is 88.7 Å². The minimum atomic E-state index is 0.508. The third-order valence-electron chi connectivity index (χ3n) is 1.81. The largest absolute Gasteiger partial charge is 0.334 e. The average molecular weight is 219 g/mol. The predicted molar refractivity (Wildman–Crippen MR) is 59.4 cm³/mol. The van der Waals surface area contributed by atoms with Crippen molar-refractivity contribution in [2.45, 2.75) is 25.8 Å². The van der Waals surface area contributed by atoms with Gasteiger partial charge in [0, 0.05) is 18.9 Å². The Morgan fingerprint density at radius 1 is 1.62 bits per heavy atom. The van der Waals surface area contributed by atoms with Crippen LogP contribution >= 0.6 is 23.4 Å². The number of rotatable bonds is 6. The first-order chi connectivity index (χ1) is 6.38. The van der Waals surface area contributed by atoms with Gasteiger partial charge in [-0.1, -0.05) is 6.92 Å². The first kappa shape index (κ1) is 10.9. The predicted octanol–water partition coefficient (Wildman–Crippen LogP) is 2.77. The van der Waals surface area contributed by atoms with Crippen molar-refractivity contribution in [2.24, 2.45) is 0 Å². The average Bonchev–Trinajstić information content (AvgIpc) is 2.60. The van der Waals surface area contributed by atoms with Gasteiger partial charge in [0.05, 0.1) is 5.88 Å². The van der Waals surface area contributed by atoms with Gasteiger partial charge >= 0.3 is 0 Å². The molecule has 0 radical (unpaired) electrons. The van der Waals surface area contributed by atoms with E-state index in [1.165, 1.54) is 17.9 Å². The second kappa shape index (κ2) is 6.33. The Hall–Kier alpha value is -0.150. The summed E-state index contributed by atoms with van der Waals surface area (Å²) >= 11 is 7.70. The van der Waals surface area contributed by atoms with E-state index >= 15 is 0 Å². The molecule has 0 fully saturated rings. The summed E-state index contributed by atoms with van der Waals surface area (Å²) in [4.78, 5) is 4.16. The van der Waals surface area contributed by atoms with Crippen molar-refractivity contribution in [1.29, 1.82) is 0 Å². The zero-order chi connectivity index (χ0) is 9.52. The smallest absolute Gasteiger partial charge is 0.123 e. The van der Waals surface area contributed by atoms with Crippen molar-refractivity contribution >= 4 is 23.4 Å². The van der Waals surface area contributed by atoms with E-state index in [2.05, 4.69) is 16.5 Å². The minimum absolute atomic E-state index is 0.508. The second-order valence-corrected chi connectivity index (χ2v) is 4.38. The molecule has 0 saturated carbocycles. The van der Waals surface area contributed by atoms with E-state index in [9.17, 15) is 0 Å². The van der Waals surface area contributed by atoms with Crippen LogP contribution < -0.4 is 0 Å². The highest BCUT2D eigenvalue weighted by Gasteiger charge is 1.99. The Bertz CT molecular complexity index is 237. The lowest BCUT2D eigenvalue weighted by molar-refractivity contribution is 0.658. The van der Waals surface area contributed by atoms with E-state index in [1.807, 2.05) is 24.2 Å². The highest BCUT2D eigenvalue weighted by molar-refractivity contribution is 7.99. The van der Waals surface area contributed by atoms with Crippen LogP contribution in [-0.2, 0) is 12.4 Å². The first-order valence-corrected chi connectivity index (χ1v) is 6.21. The van der Waals surface area contributed by atoms with Crippen molar-refractivity contribution in [3.63, 3.8) is 0 Å². The van der Waals surface area contributed by atoms with Crippen LogP contribution in [0.3, 0.4) is 0 Å². The molecule has 0 bridgehead atoms. The minimum Gasteiger partial charge on any atom is -0.334 e. The molecule has 0 spiro atoms. The van der Waals surface area contributed by atoms with Crippen LogP contribution in [0.4, 0.5) is 0 Å². The number of alkyl halides is 1. The van der Waals surface area contributed by atoms with Crippen molar-refractivity contribution in [3.05, 3.63) is 18.2 Å². The fourth-order valence-electron chi connectivity index (χ4n) is 1.16. The molecule has 0 aliphatic rings. The van der Waals surface area contributed by atoms with Crippen LogP contribution in [0.5, 0.6) is 0 Å². The van der Waals surface area contributed by atoms with Gasteiger partial charge in [0.15, 0.2) is 0 Å². The summed E-state index contributed by atoms with van der Waals surface area (Å²) in [6.45, 7) is 3.22. The molecule has 2 nitrogen and oxygen atoms in total. The van der Waals surface area contributed by atoms with Crippen LogP contribution in [0.2, 0.25) is 0 Å². The summed E-state index contributed by atoms with van der Waals surface area (Å²) in [5, 5.41) is 0. The van der Waals surface area contributed by atoms with Gasteiger partial charge in [-0.2, -0.15) is 11.8 Å². The van der Waals surface area contributed by atoms with Gasteiger partial charge in [0.25, 0.3) is 0 Å². The molecule has 74 valence electrons. The zero-order valence-electron chi connectivity index (χ0n) is 7.87. The molecule has 0 aliphatic heterocycles. The molecule has 4 heteroatoms. The summed E-state index contributed by atoms with van der Waals surface area (Å²) < 4.78 is 2.13. The van der Waals surface area contributed by atoms with E-state index in [4.69, 9.17) is 11.6 Å². The molecule has 0 saturated heterocycles. The van der Waals surface area contributed by atoms with Crippen LogP contribution in [-0.4, -0.2) is 21.1 Å². The van der Waals surface area contributed by atoms with E-state index < -0.39 is 0 Å². The second-order valence-electron chi connectivity index (χ2n) is 2.72. The van der Waals surface area contributed by atoms with Gasteiger partial charge < -0.3 is 4.57 Å². The highest BCUT2D eigenvalue weighted by Crippen LogP contribution is 2.06. The number of thioether (sulfide) groups is 1. The molecule has 1 aromatic rings. The molecule has 0 amide bonds. The Morgan fingerprint density at radius 2 is 2.46 bits per heavy atom.